The van der Waals surface area contributed by atoms with Gasteiger partial charge < -0.3 is 20.3 Å². The Balaban J connectivity index is 1.15. The zero-order valence-corrected chi connectivity index (χ0v) is 33.5. The third-order valence-electron chi connectivity index (χ3n) is 17.0. The number of aliphatic carboxylic acids is 1. The van der Waals surface area contributed by atoms with E-state index in [2.05, 4.69) is 46.9 Å². The van der Waals surface area contributed by atoms with E-state index in [1.807, 2.05) is 24.3 Å². The van der Waals surface area contributed by atoms with Gasteiger partial charge in [-0.2, -0.15) is 0 Å². The highest BCUT2D eigenvalue weighted by atomic mass is 35.5. The van der Waals surface area contributed by atoms with Gasteiger partial charge in [0, 0.05) is 35.4 Å². The van der Waals surface area contributed by atoms with E-state index in [-0.39, 0.29) is 57.2 Å². The molecule has 5 fully saturated rings. The average molecular weight is 736 g/mol. The van der Waals surface area contributed by atoms with Crippen LogP contribution in [0.5, 0.6) is 0 Å². The van der Waals surface area contributed by atoms with Gasteiger partial charge in [0.1, 0.15) is 6.10 Å². The van der Waals surface area contributed by atoms with Gasteiger partial charge >= 0.3 is 11.9 Å². The van der Waals surface area contributed by atoms with Crippen molar-refractivity contribution >= 4 is 29.3 Å². The number of fused-ring (bicyclic) bond motifs is 6. The van der Waals surface area contributed by atoms with Crippen molar-refractivity contribution in [1.82, 2.24) is 5.32 Å². The van der Waals surface area contributed by atoms with Gasteiger partial charge in [0.15, 0.2) is 5.78 Å². The first kappa shape index (κ1) is 38.1. The Hall–Kier alpha value is -2.22. The normalized spacial score (nSPS) is 41.4. The molecule has 5 saturated carbocycles. The number of allylic oxidation sites excluding steroid dienone is 1. The fourth-order valence-electron chi connectivity index (χ4n) is 13.9. The number of carboxylic acids is 1. The van der Waals surface area contributed by atoms with Crippen LogP contribution in [0, 0.1) is 55.7 Å². The van der Waals surface area contributed by atoms with Crippen molar-refractivity contribution in [2.45, 2.75) is 145 Å². The van der Waals surface area contributed by atoms with E-state index in [0.717, 1.165) is 68.9 Å². The predicted molar refractivity (Wildman–Crippen MR) is 202 cm³/mol. The third kappa shape index (κ3) is 5.20. The molecule has 0 aromatic heterocycles. The molecule has 0 radical (unpaired) electrons. The third-order valence-corrected chi connectivity index (χ3v) is 17.3. The molecule has 52 heavy (non-hydrogen) atoms. The van der Waals surface area contributed by atoms with Crippen LogP contribution in [0.1, 0.15) is 132 Å². The summed E-state index contributed by atoms with van der Waals surface area (Å²) in [6.45, 7) is 18.5. The Labute approximate surface area is 316 Å². The number of benzene rings is 1. The SMILES string of the molecule is CC(C)C1=C2[C@H]3CC[C@@H]4[C@@]5(C)CC[C@H](OC(=O)CC(C)(C)C(=O)O)C6(C)C[C@]65CC[C@@]4(C)[C@]3(C)CCC2(C(O)CNCc2cccc(Cl)c2)CC1=O. The molecule has 1 aromatic rings. The fraction of sp³-hybridized carbons (Fsp3) is 0.750. The summed E-state index contributed by atoms with van der Waals surface area (Å²) in [6.07, 6.45) is 8.49. The summed E-state index contributed by atoms with van der Waals surface area (Å²) in [7, 11) is 0. The summed E-state index contributed by atoms with van der Waals surface area (Å²) in [5.41, 5.74) is 1.84. The lowest BCUT2D eigenvalue weighted by Crippen LogP contribution is -2.65. The lowest BCUT2D eigenvalue weighted by molar-refractivity contribution is -0.220. The maximum Gasteiger partial charge on any atom is 0.309 e. The molecule has 3 N–H and O–H groups in total. The highest BCUT2D eigenvalue weighted by molar-refractivity contribution is 6.30. The first-order valence-corrected chi connectivity index (χ1v) is 20.4. The Morgan fingerprint density at radius 3 is 2.37 bits per heavy atom. The molecule has 8 heteroatoms. The monoisotopic (exact) mass is 735 g/mol. The van der Waals surface area contributed by atoms with Gasteiger partial charge in [0.05, 0.1) is 17.9 Å². The van der Waals surface area contributed by atoms with E-state index in [9.17, 15) is 24.6 Å². The second-order valence-electron chi connectivity index (χ2n) is 20.0. The van der Waals surface area contributed by atoms with Crippen molar-refractivity contribution in [1.29, 1.82) is 0 Å². The van der Waals surface area contributed by atoms with E-state index in [1.165, 1.54) is 5.57 Å². The number of carboxylic acid groups (broad SMARTS) is 1. The molecule has 0 aliphatic heterocycles. The number of aliphatic hydroxyl groups excluding tert-OH is 1. The number of ether oxygens (including phenoxy) is 1. The topological polar surface area (TPSA) is 113 Å². The molecule has 0 heterocycles. The molecule has 6 aliphatic rings. The molecule has 10 atom stereocenters. The van der Waals surface area contributed by atoms with Gasteiger partial charge in [-0.3, -0.25) is 14.4 Å². The minimum absolute atomic E-state index is 0.00487. The van der Waals surface area contributed by atoms with Gasteiger partial charge in [0.25, 0.3) is 0 Å². The first-order valence-electron chi connectivity index (χ1n) is 20.1. The lowest BCUT2D eigenvalue weighted by Gasteiger charge is -2.71. The number of aliphatic hydroxyl groups is 1. The van der Waals surface area contributed by atoms with Crippen molar-refractivity contribution in [2.75, 3.05) is 6.54 Å². The van der Waals surface area contributed by atoms with Crippen LogP contribution in [0.3, 0.4) is 0 Å². The molecule has 0 amide bonds. The van der Waals surface area contributed by atoms with Gasteiger partial charge in [-0.05, 0) is 134 Å². The number of esters is 1. The van der Waals surface area contributed by atoms with Crippen LogP contribution in [0.15, 0.2) is 35.4 Å². The van der Waals surface area contributed by atoms with Crippen LogP contribution in [-0.2, 0) is 25.7 Å². The summed E-state index contributed by atoms with van der Waals surface area (Å²) >= 11 is 6.24. The number of carbonyl (C=O) groups excluding carboxylic acids is 2. The quantitative estimate of drug-likeness (QED) is 0.206. The standard InChI is InChI=1S/C44H62ClNO6/c1-26(2)35-30(47)21-43(32(48)24-46-23-27-10-9-11-28(45)20-27)18-16-39(5)29(36(35)43)12-13-31-40(39,6)17-19-44-25-42(44,8)33(14-15-41(31,44)7)52-34(49)22-38(3,4)37(50)51/h9-11,20,26,29,31-33,46,48H,12-19,21-25H2,1-8H3,(H,50,51)/t29-,31+,32?,33+,39-,40-,41-,42?,43?,44+/m1/s1. The predicted octanol–water partition coefficient (Wildman–Crippen LogP) is 8.94. The largest absolute Gasteiger partial charge is 0.481 e. The van der Waals surface area contributed by atoms with Gasteiger partial charge in [-0.25, -0.2) is 0 Å². The van der Waals surface area contributed by atoms with Gasteiger partial charge in [-0.1, -0.05) is 70.8 Å². The maximum atomic E-state index is 14.0. The minimum Gasteiger partial charge on any atom is -0.481 e. The number of nitrogens with one attached hydrogen (secondary N) is 1. The molecule has 7 rings (SSSR count). The van der Waals surface area contributed by atoms with E-state index in [0.29, 0.717) is 30.5 Å². The smallest absolute Gasteiger partial charge is 0.309 e. The molecular formula is C44H62ClNO6. The van der Waals surface area contributed by atoms with Gasteiger partial charge in [0.2, 0.25) is 0 Å². The van der Waals surface area contributed by atoms with E-state index < -0.39 is 28.9 Å². The first-order chi connectivity index (χ1) is 24.2. The van der Waals surface area contributed by atoms with Crippen molar-refractivity contribution in [2.24, 2.45) is 55.7 Å². The molecule has 3 unspecified atom stereocenters. The van der Waals surface area contributed by atoms with Crippen molar-refractivity contribution in [3.63, 3.8) is 0 Å². The number of halogens is 1. The van der Waals surface area contributed by atoms with E-state index in [4.69, 9.17) is 16.3 Å². The van der Waals surface area contributed by atoms with Crippen molar-refractivity contribution in [3.05, 3.63) is 46.0 Å². The number of rotatable bonds is 10. The summed E-state index contributed by atoms with van der Waals surface area (Å²) in [4.78, 5) is 38.9. The van der Waals surface area contributed by atoms with Crippen LogP contribution >= 0.6 is 11.6 Å². The molecule has 0 bridgehead atoms. The van der Waals surface area contributed by atoms with Crippen LogP contribution in [0.2, 0.25) is 5.02 Å². The van der Waals surface area contributed by atoms with Gasteiger partial charge in [-0.15, -0.1) is 0 Å². The Kier molecular flexibility index (Phi) is 9.08. The number of hydrogen-bond donors (Lipinski definition) is 3. The molecule has 1 spiro atoms. The van der Waals surface area contributed by atoms with Crippen LogP contribution in [0.25, 0.3) is 0 Å². The molecule has 1 aromatic carbocycles. The minimum atomic E-state index is -1.15. The molecular weight excluding hydrogens is 674 g/mol. The van der Waals surface area contributed by atoms with Crippen LogP contribution in [-0.4, -0.2) is 46.7 Å². The molecule has 6 aliphatic carbocycles. The Morgan fingerprint density at radius 2 is 1.69 bits per heavy atom. The zero-order chi connectivity index (χ0) is 37.9. The molecule has 0 saturated heterocycles. The summed E-state index contributed by atoms with van der Waals surface area (Å²) < 4.78 is 6.20. The Bertz CT molecular complexity index is 1700. The number of Topliss-reactive ketones (excluding diaryl/α,β-unsaturated/α-hetero) is 1. The van der Waals surface area contributed by atoms with Crippen molar-refractivity contribution < 1.29 is 29.3 Å². The second-order valence-corrected chi connectivity index (χ2v) is 20.4. The van der Waals surface area contributed by atoms with Crippen LogP contribution < -0.4 is 5.32 Å². The summed E-state index contributed by atoms with van der Waals surface area (Å²) in [5, 5.41) is 26.0. The molecule has 286 valence electrons. The summed E-state index contributed by atoms with van der Waals surface area (Å²) in [6, 6.07) is 7.80. The van der Waals surface area contributed by atoms with E-state index in [1.54, 1.807) is 13.8 Å². The summed E-state index contributed by atoms with van der Waals surface area (Å²) in [5.74, 6) is -0.265. The van der Waals surface area contributed by atoms with Crippen LogP contribution in [0.4, 0.5) is 0 Å². The number of carbonyl (C=O) groups is 3. The highest BCUT2D eigenvalue weighted by Crippen LogP contribution is 2.87. The average Bonchev–Trinajstić information content (AvgIpc) is 3.58. The highest BCUT2D eigenvalue weighted by Gasteiger charge is 2.82. The maximum absolute atomic E-state index is 14.0. The fourth-order valence-corrected chi connectivity index (χ4v) is 14.1. The lowest BCUT2D eigenvalue weighted by atomic mass is 9.33. The number of ketones is 1. The Morgan fingerprint density at radius 1 is 0.981 bits per heavy atom. The van der Waals surface area contributed by atoms with Crippen molar-refractivity contribution in [3.8, 4) is 0 Å². The second kappa shape index (κ2) is 12.4. The molecule has 7 nitrogen and oxygen atoms in total. The van der Waals surface area contributed by atoms with E-state index >= 15 is 0 Å². The number of hydrogen-bond acceptors (Lipinski definition) is 6. The zero-order valence-electron chi connectivity index (χ0n) is 32.8.